The van der Waals surface area contributed by atoms with E-state index in [9.17, 15) is 8.78 Å². The third-order valence-electron chi connectivity index (χ3n) is 2.21. The number of rotatable bonds is 2. The Morgan fingerprint density at radius 2 is 1.71 bits per heavy atom. The molecule has 0 spiro atoms. The van der Waals surface area contributed by atoms with Crippen molar-refractivity contribution in [2.24, 2.45) is 0 Å². The second-order valence-corrected chi connectivity index (χ2v) is 7.94. The van der Waals surface area contributed by atoms with Crippen LogP contribution in [-0.2, 0) is 0 Å². The normalized spacial score (nSPS) is 12.8. The largest absolute Gasteiger partial charge is 0.207 e. The van der Waals surface area contributed by atoms with E-state index in [1.807, 2.05) is 6.07 Å². The summed E-state index contributed by atoms with van der Waals surface area (Å²) in [5.74, 6) is -1.11. The second kappa shape index (κ2) is 5.47. The molecule has 2 rings (SSSR count). The summed E-state index contributed by atoms with van der Waals surface area (Å²) in [6, 6.07) is 5.69. The zero-order valence-electron chi connectivity index (χ0n) is 8.18. The van der Waals surface area contributed by atoms with Crippen molar-refractivity contribution in [2.45, 2.75) is 4.83 Å². The topological polar surface area (TPSA) is 0 Å². The molecular weight excluding hydrogens is 442 g/mol. The lowest BCUT2D eigenvalue weighted by Crippen LogP contribution is -1.99. The lowest BCUT2D eigenvalue weighted by Gasteiger charge is -2.11. The van der Waals surface area contributed by atoms with Crippen molar-refractivity contribution in [3.05, 3.63) is 54.6 Å². The number of hydrogen-bond donors (Lipinski definition) is 0. The van der Waals surface area contributed by atoms with Gasteiger partial charge in [-0.3, -0.25) is 0 Å². The van der Waals surface area contributed by atoms with Crippen LogP contribution in [0.15, 0.2) is 31.8 Å². The van der Waals surface area contributed by atoms with Crippen LogP contribution in [0.3, 0.4) is 0 Å². The summed E-state index contributed by atoms with van der Waals surface area (Å²) in [7, 11) is 0. The van der Waals surface area contributed by atoms with Crippen molar-refractivity contribution in [3.8, 4) is 0 Å². The molecule has 17 heavy (non-hydrogen) atoms. The Kier molecular flexibility index (Phi) is 4.39. The van der Waals surface area contributed by atoms with Crippen LogP contribution < -0.4 is 0 Å². The Balaban J connectivity index is 2.51. The van der Waals surface area contributed by atoms with Gasteiger partial charge in [-0.15, -0.1) is 11.3 Å². The van der Waals surface area contributed by atoms with E-state index in [0.717, 1.165) is 13.1 Å². The van der Waals surface area contributed by atoms with Crippen molar-refractivity contribution in [3.63, 3.8) is 0 Å². The second-order valence-electron chi connectivity index (χ2n) is 3.28. The maximum Gasteiger partial charge on any atom is 0.130 e. The zero-order valence-corrected chi connectivity index (χ0v) is 13.8. The molecule has 2 aromatic rings. The molecule has 0 nitrogen and oxygen atoms in total. The van der Waals surface area contributed by atoms with Gasteiger partial charge >= 0.3 is 0 Å². The van der Waals surface area contributed by atoms with Gasteiger partial charge in [0, 0.05) is 5.56 Å². The van der Waals surface area contributed by atoms with Crippen LogP contribution in [0.4, 0.5) is 8.78 Å². The summed E-state index contributed by atoms with van der Waals surface area (Å²) in [6.45, 7) is 0. The summed E-state index contributed by atoms with van der Waals surface area (Å²) >= 11 is 11.5. The lowest BCUT2D eigenvalue weighted by atomic mass is 10.1. The number of benzene rings is 1. The smallest absolute Gasteiger partial charge is 0.130 e. The molecule has 0 amide bonds. The minimum Gasteiger partial charge on any atom is -0.207 e. The van der Waals surface area contributed by atoms with Gasteiger partial charge in [0.25, 0.3) is 0 Å². The molecule has 1 unspecified atom stereocenters. The number of thiophene rings is 1. The standard InChI is InChI=1S/C11H5Br3F2S/c12-8-4-5(11(14)17-8)10(13)9-6(15)2-1-3-7(9)16/h1-4,10H. The van der Waals surface area contributed by atoms with Crippen LogP contribution in [0.25, 0.3) is 0 Å². The quantitative estimate of drug-likeness (QED) is 0.494. The van der Waals surface area contributed by atoms with Crippen LogP contribution in [0.2, 0.25) is 0 Å². The van der Waals surface area contributed by atoms with Crippen LogP contribution in [0, 0.1) is 11.6 Å². The molecule has 0 saturated carbocycles. The molecule has 0 aliphatic rings. The molecule has 0 fully saturated rings. The molecule has 1 heterocycles. The van der Waals surface area contributed by atoms with Crippen LogP contribution >= 0.6 is 59.1 Å². The highest BCUT2D eigenvalue weighted by atomic mass is 79.9. The Morgan fingerprint density at radius 3 is 2.18 bits per heavy atom. The molecule has 90 valence electrons. The van der Waals surface area contributed by atoms with Gasteiger partial charge in [-0.1, -0.05) is 22.0 Å². The fourth-order valence-corrected chi connectivity index (χ4v) is 5.59. The first-order valence-corrected chi connectivity index (χ1v) is 7.85. The zero-order chi connectivity index (χ0) is 12.6. The lowest BCUT2D eigenvalue weighted by molar-refractivity contribution is 0.561. The third kappa shape index (κ3) is 2.80. The molecule has 0 bridgehead atoms. The van der Waals surface area contributed by atoms with Gasteiger partial charge in [0.2, 0.25) is 0 Å². The predicted octanol–water partition coefficient (Wildman–Crippen LogP) is 6.04. The van der Waals surface area contributed by atoms with Crippen molar-refractivity contribution >= 4 is 59.1 Å². The van der Waals surface area contributed by atoms with Gasteiger partial charge in [0.05, 0.1) is 12.4 Å². The summed E-state index contributed by atoms with van der Waals surface area (Å²) in [5.41, 5.74) is 0.823. The SMILES string of the molecule is Fc1cccc(F)c1C(Br)c1cc(Br)sc1Br. The maximum atomic E-state index is 13.6. The van der Waals surface area contributed by atoms with Crippen molar-refractivity contribution in [1.29, 1.82) is 0 Å². The first kappa shape index (κ1) is 13.6. The van der Waals surface area contributed by atoms with Gasteiger partial charge in [0.15, 0.2) is 0 Å². The Hall–Kier alpha value is 0.220. The molecule has 0 aliphatic heterocycles. The van der Waals surface area contributed by atoms with E-state index in [4.69, 9.17) is 0 Å². The fraction of sp³-hybridized carbons (Fsp3) is 0.0909. The van der Waals surface area contributed by atoms with Gasteiger partial charge in [-0.25, -0.2) is 8.78 Å². The Morgan fingerprint density at radius 1 is 1.12 bits per heavy atom. The van der Waals surface area contributed by atoms with Gasteiger partial charge in [-0.2, -0.15) is 0 Å². The summed E-state index contributed by atoms with van der Waals surface area (Å²) in [5, 5.41) is 0. The molecule has 0 N–H and O–H groups in total. The van der Waals surface area contributed by atoms with Crippen molar-refractivity contribution in [2.75, 3.05) is 0 Å². The first-order chi connectivity index (χ1) is 8.00. The molecule has 0 saturated heterocycles. The number of hydrogen-bond acceptors (Lipinski definition) is 1. The molecule has 0 aliphatic carbocycles. The van der Waals surface area contributed by atoms with E-state index in [1.54, 1.807) is 0 Å². The van der Waals surface area contributed by atoms with E-state index < -0.39 is 16.5 Å². The monoisotopic (exact) mass is 444 g/mol. The van der Waals surface area contributed by atoms with Gasteiger partial charge in [0.1, 0.15) is 11.6 Å². The van der Waals surface area contributed by atoms with E-state index in [2.05, 4.69) is 47.8 Å². The highest BCUT2D eigenvalue weighted by Gasteiger charge is 2.22. The van der Waals surface area contributed by atoms with Crippen molar-refractivity contribution in [1.82, 2.24) is 0 Å². The van der Waals surface area contributed by atoms with E-state index in [0.29, 0.717) is 0 Å². The highest BCUT2D eigenvalue weighted by Crippen LogP contribution is 2.43. The average molecular weight is 447 g/mol. The summed E-state index contributed by atoms with van der Waals surface area (Å²) in [6.07, 6.45) is 0. The minimum atomic E-state index is -0.555. The average Bonchev–Trinajstić information content (AvgIpc) is 2.57. The van der Waals surface area contributed by atoms with Crippen LogP contribution in [0.5, 0.6) is 0 Å². The molecule has 0 radical (unpaired) electrons. The highest BCUT2D eigenvalue weighted by molar-refractivity contribution is 9.12. The van der Waals surface area contributed by atoms with E-state index in [-0.39, 0.29) is 5.56 Å². The van der Waals surface area contributed by atoms with Crippen LogP contribution in [-0.4, -0.2) is 0 Å². The first-order valence-electron chi connectivity index (χ1n) is 4.53. The molecular formula is C11H5Br3F2S. The molecule has 6 heteroatoms. The van der Waals surface area contributed by atoms with Crippen LogP contribution in [0.1, 0.15) is 16.0 Å². The maximum absolute atomic E-state index is 13.6. The number of halogens is 5. The van der Waals surface area contributed by atoms with Gasteiger partial charge < -0.3 is 0 Å². The third-order valence-corrected chi connectivity index (χ3v) is 5.55. The molecule has 1 aromatic carbocycles. The van der Waals surface area contributed by atoms with E-state index >= 15 is 0 Å². The number of alkyl halides is 1. The summed E-state index contributed by atoms with van der Waals surface area (Å²) < 4.78 is 29.0. The minimum absolute atomic E-state index is 0.0264. The van der Waals surface area contributed by atoms with Gasteiger partial charge in [-0.05, 0) is 55.6 Å². The molecule has 1 atom stereocenters. The molecule has 1 aromatic heterocycles. The van der Waals surface area contributed by atoms with Crippen molar-refractivity contribution < 1.29 is 8.78 Å². The predicted molar refractivity (Wildman–Crippen MR) is 76.8 cm³/mol. The Labute approximate surface area is 126 Å². The Bertz CT molecular complexity index is 533. The fourth-order valence-electron chi connectivity index (χ4n) is 1.43. The summed E-state index contributed by atoms with van der Waals surface area (Å²) in [4.78, 5) is -0.513. The van der Waals surface area contributed by atoms with E-state index in [1.165, 1.54) is 29.5 Å².